The van der Waals surface area contributed by atoms with Gasteiger partial charge in [-0.3, -0.25) is 9.59 Å². The Hall–Kier alpha value is -2.63. The molecule has 6 nitrogen and oxygen atoms in total. The molecule has 0 aliphatic rings. The Balaban J connectivity index is 2.16. The fourth-order valence-corrected chi connectivity index (χ4v) is 2.00. The largest absolute Gasteiger partial charge is 0.481 e. The van der Waals surface area contributed by atoms with Crippen LogP contribution in [-0.4, -0.2) is 33.3 Å². The Morgan fingerprint density at radius 3 is 2.39 bits per heavy atom. The van der Waals surface area contributed by atoms with Crippen molar-refractivity contribution in [1.29, 1.82) is 0 Å². The van der Waals surface area contributed by atoms with E-state index in [4.69, 9.17) is 5.11 Å². The van der Waals surface area contributed by atoms with Crippen molar-refractivity contribution in [2.45, 2.75) is 27.7 Å². The fourth-order valence-electron chi connectivity index (χ4n) is 2.00. The number of carbonyl (C=O) groups excluding carboxylic acids is 1. The Kier molecular flexibility index (Phi) is 4.54. The third-order valence-electron chi connectivity index (χ3n) is 3.67. The van der Waals surface area contributed by atoms with Crippen LogP contribution in [0.2, 0.25) is 0 Å². The number of aryl methyl sites for hydroxylation is 2. The van der Waals surface area contributed by atoms with E-state index in [-0.39, 0.29) is 18.1 Å². The molecule has 1 amide bonds. The van der Waals surface area contributed by atoms with Gasteiger partial charge in [0.05, 0.1) is 11.1 Å². The van der Waals surface area contributed by atoms with Crippen molar-refractivity contribution in [2.75, 3.05) is 6.54 Å². The van der Waals surface area contributed by atoms with E-state index in [1.165, 1.54) is 0 Å². The molecule has 2 rings (SSSR count). The number of carboxylic acids is 1. The molecule has 0 atom stereocenters. The summed E-state index contributed by atoms with van der Waals surface area (Å²) in [5, 5.41) is 16.0. The van der Waals surface area contributed by atoms with Crippen LogP contribution in [0.4, 0.5) is 0 Å². The molecule has 0 unspecified atom stereocenters. The molecule has 2 aromatic rings. The molecule has 0 saturated heterocycles. The number of aromatic nitrogens is 2. The highest BCUT2D eigenvalue weighted by molar-refractivity contribution is 5.92. The van der Waals surface area contributed by atoms with Gasteiger partial charge in [0.25, 0.3) is 5.91 Å². The molecule has 1 heterocycles. The zero-order valence-electron chi connectivity index (χ0n) is 13.8. The van der Waals surface area contributed by atoms with Gasteiger partial charge in [0.15, 0.2) is 5.69 Å². The van der Waals surface area contributed by atoms with Gasteiger partial charge in [-0.1, -0.05) is 17.7 Å². The zero-order valence-corrected chi connectivity index (χ0v) is 13.8. The molecule has 0 aliphatic heterocycles. The highest BCUT2D eigenvalue weighted by Crippen LogP contribution is 2.15. The van der Waals surface area contributed by atoms with Gasteiger partial charge in [0.2, 0.25) is 0 Å². The summed E-state index contributed by atoms with van der Waals surface area (Å²) in [6, 6.07) is 9.51. The number of hydrogen-bond acceptors (Lipinski definition) is 3. The van der Waals surface area contributed by atoms with Crippen molar-refractivity contribution in [2.24, 2.45) is 5.41 Å². The molecule has 23 heavy (non-hydrogen) atoms. The first kappa shape index (κ1) is 16.7. The summed E-state index contributed by atoms with van der Waals surface area (Å²) >= 11 is 0. The number of amides is 1. The highest BCUT2D eigenvalue weighted by Gasteiger charge is 2.28. The first-order chi connectivity index (χ1) is 10.7. The maximum absolute atomic E-state index is 12.2. The van der Waals surface area contributed by atoms with Gasteiger partial charge in [0.1, 0.15) is 0 Å². The standard InChI is InChI=1S/C17H21N3O3/c1-11-5-7-13(8-6-11)20-12(2)9-14(19-20)15(21)18-10-17(3,4)16(22)23/h5-9H,10H2,1-4H3,(H,18,21)(H,22,23). The topological polar surface area (TPSA) is 84.2 Å². The monoisotopic (exact) mass is 315 g/mol. The first-order valence-corrected chi connectivity index (χ1v) is 7.36. The van der Waals surface area contributed by atoms with Crippen molar-refractivity contribution in [3.63, 3.8) is 0 Å². The van der Waals surface area contributed by atoms with Crippen molar-refractivity contribution in [3.05, 3.63) is 47.3 Å². The van der Waals surface area contributed by atoms with Gasteiger partial charge in [-0.15, -0.1) is 0 Å². The van der Waals surface area contributed by atoms with E-state index in [1.807, 2.05) is 38.1 Å². The molecule has 0 aliphatic carbocycles. The minimum atomic E-state index is -1.02. The Bertz CT molecular complexity index is 730. The second kappa shape index (κ2) is 6.24. The summed E-state index contributed by atoms with van der Waals surface area (Å²) in [7, 11) is 0. The van der Waals surface area contributed by atoms with Crippen LogP contribution in [0.1, 0.15) is 35.6 Å². The number of aliphatic carboxylic acids is 1. The van der Waals surface area contributed by atoms with Gasteiger partial charge >= 0.3 is 5.97 Å². The number of nitrogens with one attached hydrogen (secondary N) is 1. The zero-order chi connectivity index (χ0) is 17.2. The third-order valence-corrected chi connectivity index (χ3v) is 3.67. The molecule has 0 fully saturated rings. The third kappa shape index (κ3) is 3.77. The van der Waals surface area contributed by atoms with Gasteiger partial charge < -0.3 is 10.4 Å². The molecule has 0 radical (unpaired) electrons. The number of carboxylic acid groups (broad SMARTS) is 1. The lowest BCUT2D eigenvalue weighted by Gasteiger charge is -2.18. The van der Waals surface area contributed by atoms with Crippen molar-refractivity contribution >= 4 is 11.9 Å². The predicted molar refractivity (Wildman–Crippen MR) is 86.8 cm³/mol. The lowest BCUT2D eigenvalue weighted by molar-refractivity contribution is -0.146. The van der Waals surface area contributed by atoms with Crippen molar-refractivity contribution in [1.82, 2.24) is 15.1 Å². The Morgan fingerprint density at radius 2 is 1.83 bits per heavy atom. The molecule has 0 bridgehead atoms. The smallest absolute Gasteiger partial charge is 0.310 e. The van der Waals surface area contributed by atoms with Crippen LogP contribution in [-0.2, 0) is 4.79 Å². The van der Waals surface area contributed by atoms with Crippen LogP contribution < -0.4 is 5.32 Å². The number of rotatable bonds is 5. The maximum atomic E-state index is 12.2. The van der Waals surface area contributed by atoms with Gasteiger partial charge in [0, 0.05) is 12.2 Å². The molecular formula is C17H21N3O3. The molecule has 6 heteroatoms. The summed E-state index contributed by atoms with van der Waals surface area (Å²) < 4.78 is 1.69. The van der Waals surface area contributed by atoms with Crippen LogP contribution in [0.15, 0.2) is 30.3 Å². The Labute approximate surface area is 135 Å². The van der Waals surface area contributed by atoms with E-state index < -0.39 is 11.4 Å². The van der Waals surface area contributed by atoms with Crippen LogP contribution in [0.25, 0.3) is 5.69 Å². The van der Waals surface area contributed by atoms with E-state index in [0.717, 1.165) is 16.9 Å². The number of carbonyl (C=O) groups is 2. The van der Waals surface area contributed by atoms with E-state index >= 15 is 0 Å². The van der Waals surface area contributed by atoms with E-state index in [1.54, 1.807) is 24.6 Å². The summed E-state index contributed by atoms with van der Waals surface area (Å²) in [6.45, 7) is 7.03. The molecule has 1 aromatic carbocycles. The number of benzene rings is 1. The average molecular weight is 315 g/mol. The van der Waals surface area contributed by atoms with Gasteiger partial charge in [-0.05, 0) is 45.9 Å². The fraction of sp³-hybridized carbons (Fsp3) is 0.353. The molecule has 0 spiro atoms. The maximum Gasteiger partial charge on any atom is 0.310 e. The SMILES string of the molecule is Cc1ccc(-n2nc(C(=O)NCC(C)(C)C(=O)O)cc2C)cc1. The van der Waals surface area contributed by atoms with Crippen molar-refractivity contribution < 1.29 is 14.7 Å². The quantitative estimate of drug-likeness (QED) is 0.887. The summed E-state index contributed by atoms with van der Waals surface area (Å²) in [5.74, 6) is -1.34. The van der Waals surface area contributed by atoms with Gasteiger partial charge in [-0.25, -0.2) is 4.68 Å². The molecule has 122 valence electrons. The number of nitrogens with zero attached hydrogens (tertiary/aromatic N) is 2. The molecule has 1 aromatic heterocycles. The second-order valence-corrected chi connectivity index (χ2v) is 6.29. The van der Waals surface area contributed by atoms with Crippen LogP contribution >= 0.6 is 0 Å². The van der Waals surface area contributed by atoms with E-state index in [2.05, 4.69) is 10.4 Å². The summed E-state index contributed by atoms with van der Waals surface area (Å²) in [6.07, 6.45) is 0. The minimum Gasteiger partial charge on any atom is -0.481 e. The lowest BCUT2D eigenvalue weighted by atomic mass is 9.94. The predicted octanol–water partition coefficient (Wildman–Crippen LogP) is 2.33. The summed E-state index contributed by atoms with van der Waals surface area (Å²) in [4.78, 5) is 23.3. The van der Waals surface area contributed by atoms with Crippen molar-refractivity contribution in [3.8, 4) is 5.69 Å². The number of hydrogen-bond donors (Lipinski definition) is 2. The Morgan fingerprint density at radius 1 is 1.22 bits per heavy atom. The average Bonchev–Trinajstić information content (AvgIpc) is 2.87. The van der Waals surface area contributed by atoms with Crippen LogP contribution in [0.3, 0.4) is 0 Å². The van der Waals surface area contributed by atoms with Gasteiger partial charge in [-0.2, -0.15) is 5.10 Å². The molecular weight excluding hydrogens is 294 g/mol. The normalized spacial score (nSPS) is 11.3. The minimum absolute atomic E-state index is 0.0393. The van der Waals surface area contributed by atoms with Crippen LogP contribution in [0, 0.1) is 19.3 Å². The molecule has 2 N–H and O–H groups in total. The summed E-state index contributed by atoms with van der Waals surface area (Å²) in [5.41, 5.74) is 2.09. The second-order valence-electron chi connectivity index (χ2n) is 6.29. The lowest BCUT2D eigenvalue weighted by Crippen LogP contribution is -2.39. The highest BCUT2D eigenvalue weighted by atomic mass is 16.4. The van der Waals surface area contributed by atoms with E-state index in [0.29, 0.717) is 0 Å². The molecule has 0 saturated carbocycles. The first-order valence-electron chi connectivity index (χ1n) is 7.36. The van der Waals surface area contributed by atoms with E-state index in [9.17, 15) is 9.59 Å². The van der Waals surface area contributed by atoms with Crippen LogP contribution in [0.5, 0.6) is 0 Å².